The highest BCUT2D eigenvalue weighted by atomic mass is 19.1. The first-order valence-electron chi connectivity index (χ1n) is 9.71. The molecule has 4 aliphatic rings. The van der Waals surface area contributed by atoms with Crippen molar-refractivity contribution >= 4 is 18.0 Å². The number of aliphatic hydroxyl groups is 1. The minimum absolute atomic E-state index is 0.114. The molecule has 0 spiro atoms. The third-order valence-corrected chi connectivity index (χ3v) is 6.01. The van der Waals surface area contributed by atoms with Crippen LogP contribution in [-0.4, -0.2) is 37.9 Å². The molecule has 10 nitrogen and oxygen atoms in total. The molecule has 11 heteroatoms. The first kappa shape index (κ1) is 17.2. The zero-order valence-corrected chi connectivity index (χ0v) is 15.8. The van der Waals surface area contributed by atoms with Gasteiger partial charge in [0.05, 0.1) is 11.9 Å². The summed E-state index contributed by atoms with van der Waals surface area (Å²) in [7, 11) is 0. The Morgan fingerprint density at radius 2 is 2.07 bits per heavy atom. The molecule has 0 saturated heterocycles. The molecule has 0 amide bonds. The first-order chi connectivity index (χ1) is 14.6. The average molecular weight is 408 g/mol. The second kappa shape index (κ2) is 5.93. The van der Waals surface area contributed by atoms with Gasteiger partial charge in [0.1, 0.15) is 11.9 Å². The molecule has 1 fully saturated rings. The summed E-state index contributed by atoms with van der Waals surface area (Å²) in [6.07, 6.45) is 5.64. The highest BCUT2D eigenvalue weighted by Gasteiger charge is 2.49. The fraction of sp³-hybridized carbons (Fsp3) is 0.368. The van der Waals surface area contributed by atoms with Crippen LogP contribution in [-0.2, 0) is 5.60 Å². The summed E-state index contributed by atoms with van der Waals surface area (Å²) in [6.45, 7) is 0. The average Bonchev–Trinajstić information content (AvgIpc) is 3.53. The van der Waals surface area contributed by atoms with E-state index in [1.54, 1.807) is 11.1 Å². The van der Waals surface area contributed by atoms with Gasteiger partial charge in [-0.25, -0.2) is 14.9 Å². The maximum Gasteiger partial charge on any atom is 0.348 e. The lowest BCUT2D eigenvalue weighted by Crippen LogP contribution is -2.48. The molecule has 2 unspecified atom stereocenters. The van der Waals surface area contributed by atoms with Crippen LogP contribution in [0.3, 0.4) is 0 Å². The highest BCUT2D eigenvalue weighted by molar-refractivity contribution is 5.79. The first-order valence-corrected chi connectivity index (χ1v) is 9.71. The van der Waals surface area contributed by atoms with E-state index in [1.165, 1.54) is 22.4 Å². The van der Waals surface area contributed by atoms with Gasteiger partial charge in [0, 0.05) is 5.56 Å². The number of benzene rings is 1. The van der Waals surface area contributed by atoms with E-state index in [2.05, 4.69) is 15.1 Å². The molecule has 1 aromatic carbocycles. The number of hydrogen-bond acceptors (Lipinski definition) is 10. The van der Waals surface area contributed by atoms with Gasteiger partial charge in [-0.15, -0.1) is 0 Å². The second-order valence-electron chi connectivity index (χ2n) is 7.70. The van der Waals surface area contributed by atoms with Crippen molar-refractivity contribution in [3.63, 3.8) is 0 Å². The molecule has 2 atom stereocenters. The van der Waals surface area contributed by atoms with Gasteiger partial charge in [-0.2, -0.15) is 19.6 Å². The number of nitrogens with zero attached hydrogens (tertiary/aromatic N) is 8. The Balaban J connectivity index is 1.43. The molecule has 4 heterocycles. The zero-order valence-electron chi connectivity index (χ0n) is 15.8. The summed E-state index contributed by atoms with van der Waals surface area (Å²) in [5, 5.41) is 27.3. The lowest BCUT2D eigenvalue weighted by Gasteiger charge is -2.41. The SMILES string of the molecule is N#CN1C=C2N(c3ccccc3C3N=CN(c4nc(C5(O)CCCC5)no4)N23)C1F. The number of nitriles is 1. The van der Waals surface area contributed by atoms with Gasteiger partial charge in [-0.3, -0.25) is 4.90 Å². The van der Waals surface area contributed by atoms with E-state index in [4.69, 9.17) is 4.52 Å². The van der Waals surface area contributed by atoms with Crippen LogP contribution in [0.15, 0.2) is 45.8 Å². The van der Waals surface area contributed by atoms with E-state index in [-0.39, 0.29) is 11.8 Å². The molecule has 0 bridgehead atoms. The van der Waals surface area contributed by atoms with E-state index >= 15 is 4.39 Å². The maximum absolute atomic E-state index is 15.1. The van der Waals surface area contributed by atoms with Crippen LogP contribution >= 0.6 is 0 Å². The Hall–Kier alpha value is -3.65. The molecule has 1 aromatic heterocycles. The predicted molar refractivity (Wildman–Crippen MR) is 102 cm³/mol. The molecule has 6 rings (SSSR count). The Morgan fingerprint density at radius 1 is 1.27 bits per heavy atom. The van der Waals surface area contributed by atoms with E-state index in [0.29, 0.717) is 24.4 Å². The fourth-order valence-corrected chi connectivity index (χ4v) is 4.52. The summed E-state index contributed by atoms with van der Waals surface area (Å²) in [5.74, 6) is 0.660. The number of aromatic nitrogens is 2. The van der Waals surface area contributed by atoms with Crippen molar-refractivity contribution in [1.82, 2.24) is 20.0 Å². The third kappa shape index (κ3) is 2.16. The number of rotatable bonds is 2. The lowest BCUT2D eigenvalue weighted by molar-refractivity contribution is 0.0328. The van der Waals surface area contributed by atoms with Gasteiger partial charge in [0.15, 0.2) is 18.2 Å². The Morgan fingerprint density at radius 3 is 2.87 bits per heavy atom. The van der Waals surface area contributed by atoms with Gasteiger partial charge >= 0.3 is 6.01 Å². The minimum atomic E-state index is -1.67. The van der Waals surface area contributed by atoms with Gasteiger partial charge < -0.3 is 9.63 Å². The summed E-state index contributed by atoms with van der Waals surface area (Å²) >= 11 is 0. The van der Waals surface area contributed by atoms with Crippen LogP contribution in [0.4, 0.5) is 16.1 Å². The number of para-hydroxylation sites is 1. The van der Waals surface area contributed by atoms with Gasteiger partial charge in [-0.05, 0) is 31.7 Å². The molecular weight excluding hydrogens is 391 g/mol. The molecule has 2 aromatic rings. The van der Waals surface area contributed by atoms with Crippen molar-refractivity contribution < 1.29 is 14.0 Å². The number of anilines is 2. The molecule has 152 valence electrons. The van der Waals surface area contributed by atoms with Crippen molar-refractivity contribution in [2.75, 3.05) is 9.91 Å². The summed E-state index contributed by atoms with van der Waals surface area (Å²) < 4.78 is 20.5. The van der Waals surface area contributed by atoms with Gasteiger partial charge in [0.2, 0.25) is 5.82 Å². The number of halogens is 1. The summed E-state index contributed by atoms with van der Waals surface area (Å²) in [5.41, 5.74) is 0.332. The Kier molecular flexibility index (Phi) is 3.41. The Labute approximate surface area is 170 Å². The molecule has 0 radical (unpaired) electrons. The number of hydrazine groups is 1. The zero-order chi connectivity index (χ0) is 20.5. The number of alkyl halides is 1. The topological polar surface area (TPSA) is 108 Å². The van der Waals surface area contributed by atoms with Crippen molar-refractivity contribution in [2.24, 2.45) is 4.99 Å². The van der Waals surface area contributed by atoms with E-state index in [9.17, 15) is 10.4 Å². The lowest BCUT2D eigenvalue weighted by atomic mass is 10.0. The summed E-state index contributed by atoms with van der Waals surface area (Å²) in [6, 6.07) is 7.45. The van der Waals surface area contributed by atoms with Crippen molar-refractivity contribution in [3.8, 4) is 6.19 Å². The molecular formula is C19H17FN8O2. The van der Waals surface area contributed by atoms with Crippen molar-refractivity contribution in [3.05, 3.63) is 47.7 Å². The summed E-state index contributed by atoms with van der Waals surface area (Å²) in [4.78, 5) is 11.3. The molecule has 3 aliphatic heterocycles. The van der Waals surface area contributed by atoms with Crippen LogP contribution in [0.25, 0.3) is 0 Å². The Bertz CT molecular complexity index is 1120. The van der Waals surface area contributed by atoms with E-state index < -0.39 is 18.2 Å². The van der Waals surface area contributed by atoms with Gasteiger partial charge in [-0.1, -0.05) is 23.4 Å². The standard InChI is InChI=1S/C19H17FN8O2/c20-17-25(10-21)9-14-27(17)13-6-2-1-5-12(13)15-22-11-26(28(14)15)18-23-16(24-30-18)19(29)7-3-4-8-19/h1-2,5-6,9,11,15,17,29H,3-4,7-8H2. The molecule has 30 heavy (non-hydrogen) atoms. The highest BCUT2D eigenvalue weighted by Crippen LogP contribution is 2.48. The van der Waals surface area contributed by atoms with Crippen LogP contribution in [0.5, 0.6) is 0 Å². The maximum atomic E-state index is 15.1. The molecule has 1 saturated carbocycles. The molecule has 1 N–H and O–H groups in total. The second-order valence-corrected chi connectivity index (χ2v) is 7.70. The van der Waals surface area contributed by atoms with Crippen LogP contribution in [0.2, 0.25) is 0 Å². The van der Waals surface area contributed by atoms with E-state index in [1.807, 2.05) is 24.4 Å². The van der Waals surface area contributed by atoms with Crippen LogP contribution in [0, 0.1) is 11.5 Å². The van der Waals surface area contributed by atoms with E-state index in [0.717, 1.165) is 23.3 Å². The monoisotopic (exact) mass is 408 g/mol. The number of aliphatic imine (C=N–C) groups is 1. The number of hydrogen-bond donors (Lipinski definition) is 1. The predicted octanol–water partition coefficient (Wildman–Crippen LogP) is 2.26. The normalized spacial score (nSPS) is 25.8. The largest absolute Gasteiger partial charge is 0.382 e. The minimum Gasteiger partial charge on any atom is -0.382 e. The quantitative estimate of drug-likeness (QED) is 0.591. The third-order valence-electron chi connectivity index (χ3n) is 6.01. The van der Waals surface area contributed by atoms with Crippen LogP contribution in [0.1, 0.15) is 43.2 Å². The van der Waals surface area contributed by atoms with Crippen molar-refractivity contribution in [2.45, 2.75) is 43.9 Å². The van der Waals surface area contributed by atoms with Gasteiger partial charge in [0.25, 0.3) is 6.42 Å². The smallest absolute Gasteiger partial charge is 0.348 e. The fourth-order valence-electron chi connectivity index (χ4n) is 4.52. The number of fused-ring (bicyclic) bond motifs is 6. The van der Waals surface area contributed by atoms with Crippen LogP contribution < -0.4 is 9.91 Å². The van der Waals surface area contributed by atoms with Crippen molar-refractivity contribution in [1.29, 1.82) is 5.26 Å². The molecule has 1 aliphatic carbocycles.